The van der Waals surface area contributed by atoms with E-state index < -0.39 is 15.1 Å². The molecular formula is C25H25N5O3S. The molecule has 8 nitrogen and oxygen atoms in total. The lowest BCUT2D eigenvalue weighted by atomic mass is 10.1. The van der Waals surface area contributed by atoms with Crippen LogP contribution in [0.25, 0.3) is 22.4 Å². The van der Waals surface area contributed by atoms with Gasteiger partial charge in [0.2, 0.25) is 0 Å². The largest absolute Gasteiger partial charge is 0.377 e. The van der Waals surface area contributed by atoms with Crippen LogP contribution in [0.2, 0.25) is 0 Å². The van der Waals surface area contributed by atoms with E-state index in [4.69, 9.17) is 4.98 Å². The van der Waals surface area contributed by atoms with Crippen LogP contribution in [0.3, 0.4) is 0 Å². The van der Waals surface area contributed by atoms with Gasteiger partial charge in [-0.3, -0.25) is 4.79 Å². The number of fused-ring (bicyclic) bond motifs is 2. The van der Waals surface area contributed by atoms with Crippen molar-refractivity contribution in [1.29, 1.82) is 0 Å². The molecule has 0 fully saturated rings. The van der Waals surface area contributed by atoms with Gasteiger partial charge in [-0.05, 0) is 37.6 Å². The van der Waals surface area contributed by atoms with Crippen molar-refractivity contribution in [2.75, 3.05) is 23.9 Å². The minimum atomic E-state index is -3.35. The molecule has 34 heavy (non-hydrogen) atoms. The van der Waals surface area contributed by atoms with Crippen molar-refractivity contribution >= 4 is 38.3 Å². The van der Waals surface area contributed by atoms with Gasteiger partial charge in [0, 0.05) is 31.5 Å². The lowest BCUT2D eigenvalue weighted by molar-refractivity contribution is 0.0997. The number of nitrogens with one attached hydrogen (secondary N) is 1. The molecule has 1 aliphatic rings. The number of amides is 1. The molecule has 1 amide bonds. The number of benzene rings is 2. The van der Waals surface area contributed by atoms with Crippen molar-refractivity contribution in [3.8, 4) is 11.3 Å². The monoisotopic (exact) mass is 475 g/mol. The summed E-state index contributed by atoms with van der Waals surface area (Å²) < 4.78 is 24.9. The van der Waals surface area contributed by atoms with Crippen LogP contribution in [-0.2, 0) is 16.4 Å². The Balaban J connectivity index is 1.53. The molecule has 0 aliphatic carbocycles. The SMILES string of the molecule is CC(C)S(=O)(=O)c1ccc(-c2cnc3[nH]cc(N4Cc5cccc(N(C)C)c5C4=O)c3n2)cc1. The number of anilines is 2. The van der Waals surface area contributed by atoms with Crippen LogP contribution in [0, 0.1) is 0 Å². The van der Waals surface area contributed by atoms with E-state index in [2.05, 4.69) is 9.97 Å². The van der Waals surface area contributed by atoms with Gasteiger partial charge < -0.3 is 14.8 Å². The first-order valence-corrected chi connectivity index (χ1v) is 12.5. The Bertz CT molecular complexity index is 1520. The van der Waals surface area contributed by atoms with Gasteiger partial charge in [0.1, 0.15) is 5.52 Å². The van der Waals surface area contributed by atoms with E-state index in [1.165, 1.54) is 0 Å². The summed E-state index contributed by atoms with van der Waals surface area (Å²) >= 11 is 0. The molecule has 2 aromatic carbocycles. The van der Waals surface area contributed by atoms with Crippen molar-refractivity contribution in [2.45, 2.75) is 30.5 Å². The zero-order chi connectivity index (χ0) is 24.2. The molecule has 0 spiro atoms. The number of carbonyl (C=O) groups excluding carboxylic acids is 1. The maximum absolute atomic E-state index is 13.4. The number of rotatable bonds is 5. The Kier molecular flexibility index (Phi) is 5.16. The van der Waals surface area contributed by atoms with Gasteiger partial charge in [0.15, 0.2) is 15.5 Å². The number of hydrogen-bond acceptors (Lipinski definition) is 6. The van der Waals surface area contributed by atoms with Crippen molar-refractivity contribution in [2.24, 2.45) is 0 Å². The molecule has 0 radical (unpaired) electrons. The summed E-state index contributed by atoms with van der Waals surface area (Å²) in [5.74, 6) is -0.0735. The Morgan fingerprint density at radius 2 is 1.82 bits per heavy atom. The van der Waals surface area contributed by atoms with Crippen molar-refractivity contribution in [3.05, 3.63) is 66.0 Å². The predicted octanol–water partition coefficient (Wildman–Crippen LogP) is 4.03. The van der Waals surface area contributed by atoms with Gasteiger partial charge in [-0.25, -0.2) is 18.4 Å². The summed E-state index contributed by atoms with van der Waals surface area (Å²) in [6.45, 7) is 3.78. The second kappa shape index (κ2) is 7.95. The number of aromatic nitrogens is 3. The van der Waals surface area contributed by atoms with E-state index >= 15 is 0 Å². The van der Waals surface area contributed by atoms with E-state index in [1.807, 2.05) is 37.2 Å². The molecule has 5 rings (SSSR count). The molecule has 0 atom stereocenters. The number of aromatic amines is 1. The van der Waals surface area contributed by atoms with E-state index in [0.717, 1.165) is 16.8 Å². The van der Waals surface area contributed by atoms with Crippen LogP contribution < -0.4 is 9.80 Å². The van der Waals surface area contributed by atoms with E-state index in [-0.39, 0.29) is 10.8 Å². The second-order valence-corrected chi connectivity index (χ2v) is 11.3. The average molecular weight is 476 g/mol. The lowest BCUT2D eigenvalue weighted by Crippen LogP contribution is -2.24. The smallest absolute Gasteiger partial charge is 0.261 e. The molecular weight excluding hydrogens is 450 g/mol. The Hall–Kier alpha value is -3.72. The zero-order valence-electron chi connectivity index (χ0n) is 19.4. The standard InChI is InChI=1S/C25H25N5O3S/c1-15(2)34(32,33)18-10-8-16(9-11-18)19-12-26-24-23(28-19)21(13-27-24)30-14-17-6-5-7-20(29(3)4)22(17)25(30)31/h5-13,15H,14H2,1-4H3,(H,26,27). The maximum Gasteiger partial charge on any atom is 0.261 e. The van der Waals surface area contributed by atoms with Crippen LogP contribution in [0.4, 0.5) is 11.4 Å². The van der Waals surface area contributed by atoms with Crippen LogP contribution >= 0.6 is 0 Å². The minimum absolute atomic E-state index is 0.0735. The van der Waals surface area contributed by atoms with Crippen LogP contribution in [0.5, 0.6) is 0 Å². The highest BCUT2D eigenvalue weighted by atomic mass is 32.2. The highest BCUT2D eigenvalue weighted by Crippen LogP contribution is 2.36. The fourth-order valence-corrected chi connectivity index (χ4v) is 5.28. The number of H-pyrrole nitrogens is 1. The summed E-state index contributed by atoms with van der Waals surface area (Å²) in [7, 11) is 0.497. The molecule has 4 aromatic rings. The number of sulfone groups is 1. The van der Waals surface area contributed by atoms with Gasteiger partial charge in [-0.1, -0.05) is 24.3 Å². The number of carbonyl (C=O) groups is 1. The summed E-state index contributed by atoms with van der Waals surface area (Å²) in [6.07, 6.45) is 3.39. The molecule has 0 saturated carbocycles. The van der Waals surface area contributed by atoms with E-state index in [1.54, 1.807) is 55.4 Å². The molecule has 2 aromatic heterocycles. The third-order valence-electron chi connectivity index (χ3n) is 6.15. The first-order chi connectivity index (χ1) is 16.2. The topological polar surface area (TPSA) is 99.3 Å². The Morgan fingerprint density at radius 3 is 2.50 bits per heavy atom. The zero-order valence-corrected chi connectivity index (χ0v) is 20.2. The third-order valence-corrected chi connectivity index (χ3v) is 8.32. The number of nitrogens with zero attached hydrogens (tertiary/aromatic N) is 4. The molecule has 9 heteroatoms. The van der Waals surface area contributed by atoms with Crippen molar-refractivity contribution < 1.29 is 13.2 Å². The van der Waals surface area contributed by atoms with Crippen LogP contribution in [0.15, 0.2) is 59.8 Å². The predicted molar refractivity (Wildman–Crippen MR) is 133 cm³/mol. The van der Waals surface area contributed by atoms with Gasteiger partial charge in [-0.15, -0.1) is 0 Å². The van der Waals surface area contributed by atoms with Gasteiger partial charge in [-0.2, -0.15) is 0 Å². The van der Waals surface area contributed by atoms with Gasteiger partial charge in [0.05, 0.1) is 39.8 Å². The second-order valence-electron chi connectivity index (χ2n) is 8.84. The molecule has 174 valence electrons. The number of hydrogen-bond donors (Lipinski definition) is 1. The molecule has 3 heterocycles. The Labute approximate surface area is 198 Å². The minimum Gasteiger partial charge on any atom is -0.377 e. The lowest BCUT2D eigenvalue weighted by Gasteiger charge is -2.17. The molecule has 1 aliphatic heterocycles. The molecule has 1 N–H and O–H groups in total. The normalized spacial score (nSPS) is 13.7. The first kappa shape index (κ1) is 22.1. The molecule has 0 bridgehead atoms. The van der Waals surface area contributed by atoms with Crippen molar-refractivity contribution in [3.63, 3.8) is 0 Å². The van der Waals surface area contributed by atoms with E-state index in [9.17, 15) is 13.2 Å². The molecule has 0 saturated heterocycles. The fourth-order valence-electron chi connectivity index (χ4n) is 4.22. The van der Waals surface area contributed by atoms with Crippen LogP contribution in [0.1, 0.15) is 29.8 Å². The highest BCUT2D eigenvalue weighted by molar-refractivity contribution is 7.92. The third kappa shape index (κ3) is 3.43. The quantitative estimate of drug-likeness (QED) is 0.468. The van der Waals surface area contributed by atoms with Crippen molar-refractivity contribution in [1.82, 2.24) is 15.0 Å². The first-order valence-electron chi connectivity index (χ1n) is 11.0. The summed E-state index contributed by atoms with van der Waals surface area (Å²) in [6, 6.07) is 12.5. The maximum atomic E-state index is 13.4. The summed E-state index contributed by atoms with van der Waals surface area (Å²) in [5, 5.41) is -0.493. The van der Waals surface area contributed by atoms with Gasteiger partial charge >= 0.3 is 0 Å². The molecule has 0 unspecified atom stereocenters. The van der Waals surface area contributed by atoms with Crippen LogP contribution in [-0.4, -0.2) is 48.6 Å². The summed E-state index contributed by atoms with van der Waals surface area (Å²) in [5.41, 5.74) is 5.72. The summed E-state index contributed by atoms with van der Waals surface area (Å²) in [4.78, 5) is 29.7. The van der Waals surface area contributed by atoms with Gasteiger partial charge in [0.25, 0.3) is 5.91 Å². The Morgan fingerprint density at radius 1 is 1.09 bits per heavy atom. The fraction of sp³-hybridized carbons (Fsp3) is 0.240. The van der Waals surface area contributed by atoms with E-state index in [0.29, 0.717) is 34.7 Å². The highest BCUT2D eigenvalue weighted by Gasteiger charge is 2.33. The average Bonchev–Trinajstić information content (AvgIpc) is 3.39.